The number of urea groups is 1. The molecule has 1 saturated heterocycles. The van der Waals surface area contributed by atoms with Gasteiger partial charge in [-0.15, -0.1) is 12.4 Å². The Balaban J connectivity index is 0.00000259. The molecule has 3 aliphatic heterocycles. The third-order valence-corrected chi connectivity index (χ3v) is 5.23. The van der Waals surface area contributed by atoms with Gasteiger partial charge in [-0.1, -0.05) is 18.2 Å². The summed E-state index contributed by atoms with van der Waals surface area (Å²) >= 11 is 0. The fourth-order valence-electron chi connectivity index (χ4n) is 3.63. The molecule has 1 N–H and O–H groups in total. The molecule has 168 valence electrons. The minimum Gasteiger partial charge on any atom is -0.454 e. The van der Waals surface area contributed by atoms with Crippen LogP contribution >= 0.6 is 12.4 Å². The van der Waals surface area contributed by atoms with E-state index in [-0.39, 0.29) is 30.5 Å². The van der Waals surface area contributed by atoms with Gasteiger partial charge >= 0.3 is 6.03 Å². The number of imide groups is 2. The quantitative estimate of drug-likeness (QED) is 0.546. The number of ether oxygens (including phenoxy) is 2. The van der Waals surface area contributed by atoms with E-state index >= 15 is 0 Å². The normalized spacial score (nSPS) is 20.7. The average molecular weight is 469 g/mol. The van der Waals surface area contributed by atoms with Crippen LogP contribution < -0.4 is 24.7 Å². The lowest BCUT2D eigenvalue weighted by Crippen LogP contribution is -2.54. The number of amides is 5. The Morgan fingerprint density at radius 2 is 1.73 bits per heavy atom. The molecule has 3 heterocycles. The van der Waals surface area contributed by atoms with Gasteiger partial charge in [-0.2, -0.15) is 10.1 Å². The largest absolute Gasteiger partial charge is 0.454 e. The second-order valence-corrected chi connectivity index (χ2v) is 7.22. The molecule has 0 radical (unpaired) electrons. The molecule has 0 spiro atoms. The molecule has 11 heteroatoms. The zero-order valence-corrected chi connectivity index (χ0v) is 18.0. The van der Waals surface area contributed by atoms with Crippen LogP contribution in [0.5, 0.6) is 11.5 Å². The van der Waals surface area contributed by atoms with Crippen molar-refractivity contribution < 1.29 is 28.7 Å². The van der Waals surface area contributed by atoms with Gasteiger partial charge in [0.15, 0.2) is 11.5 Å². The highest BCUT2D eigenvalue weighted by Gasteiger charge is 2.40. The SMILES string of the molecule is CC1=NN(c2ccccc2)C(=O)C1C=C1C(=O)NC(=O)N(c2ccc3c(c2)OCO3)C1=O.Cl. The zero-order chi connectivity index (χ0) is 22.4. The number of rotatable bonds is 3. The molecular weight excluding hydrogens is 452 g/mol. The maximum atomic E-state index is 13.1. The lowest BCUT2D eigenvalue weighted by atomic mass is 9.98. The van der Waals surface area contributed by atoms with Crippen LogP contribution in [0.3, 0.4) is 0 Å². The van der Waals surface area contributed by atoms with Gasteiger partial charge in [0.2, 0.25) is 6.79 Å². The number of barbiturate groups is 1. The van der Waals surface area contributed by atoms with Crippen LogP contribution in [-0.2, 0) is 14.4 Å². The summed E-state index contributed by atoms with van der Waals surface area (Å²) in [6.45, 7) is 1.66. The van der Waals surface area contributed by atoms with Gasteiger partial charge in [0, 0.05) is 6.07 Å². The van der Waals surface area contributed by atoms with Gasteiger partial charge in [-0.05, 0) is 37.3 Å². The first-order chi connectivity index (χ1) is 15.4. The van der Waals surface area contributed by atoms with Gasteiger partial charge in [-0.3, -0.25) is 19.7 Å². The fourth-order valence-corrected chi connectivity index (χ4v) is 3.63. The lowest BCUT2D eigenvalue weighted by molar-refractivity contribution is -0.122. The van der Waals surface area contributed by atoms with Gasteiger partial charge in [0.25, 0.3) is 17.7 Å². The monoisotopic (exact) mass is 468 g/mol. The molecule has 1 fully saturated rings. The Hall–Kier alpha value is -4.18. The number of para-hydroxylation sites is 1. The topological polar surface area (TPSA) is 118 Å². The minimum absolute atomic E-state index is 0. The van der Waals surface area contributed by atoms with Gasteiger partial charge in [0.05, 0.1) is 23.0 Å². The predicted octanol–water partition coefficient (Wildman–Crippen LogP) is 2.39. The molecule has 1 unspecified atom stereocenters. The van der Waals surface area contributed by atoms with Crippen molar-refractivity contribution in [3.8, 4) is 11.5 Å². The molecular formula is C22H17ClN4O6. The Labute approximate surface area is 193 Å². The number of hydrazone groups is 1. The summed E-state index contributed by atoms with van der Waals surface area (Å²) < 4.78 is 10.5. The van der Waals surface area contributed by atoms with Crippen molar-refractivity contribution in [2.24, 2.45) is 11.0 Å². The van der Waals surface area contributed by atoms with Crippen LogP contribution in [0.1, 0.15) is 6.92 Å². The van der Waals surface area contributed by atoms with Crippen molar-refractivity contribution in [2.75, 3.05) is 16.7 Å². The first-order valence-corrected chi connectivity index (χ1v) is 9.69. The number of hydrogen-bond acceptors (Lipinski definition) is 7. The van der Waals surface area contributed by atoms with E-state index in [2.05, 4.69) is 10.4 Å². The number of fused-ring (bicyclic) bond motifs is 1. The van der Waals surface area contributed by atoms with E-state index in [0.717, 1.165) is 4.90 Å². The highest BCUT2D eigenvalue weighted by molar-refractivity contribution is 6.38. The average Bonchev–Trinajstić information content (AvgIpc) is 3.35. The number of carbonyl (C=O) groups excluding carboxylic acids is 4. The number of nitrogens with zero attached hydrogens (tertiary/aromatic N) is 3. The van der Waals surface area contributed by atoms with Crippen molar-refractivity contribution in [2.45, 2.75) is 6.92 Å². The van der Waals surface area contributed by atoms with E-state index in [4.69, 9.17) is 9.47 Å². The third kappa shape index (κ3) is 3.70. The molecule has 0 saturated carbocycles. The lowest BCUT2D eigenvalue weighted by Gasteiger charge is -2.26. The first kappa shape index (κ1) is 22.0. The summed E-state index contributed by atoms with van der Waals surface area (Å²) in [4.78, 5) is 51.8. The molecule has 5 rings (SSSR count). The Bertz CT molecular complexity index is 1240. The van der Waals surface area contributed by atoms with Crippen LogP contribution in [-0.4, -0.2) is 36.3 Å². The maximum Gasteiger partial charge on any atom is 0.335 e. The van der Waals surface area contributed by atoms with Crippen LogP contribution in [0, 0.1) is 5.92 Å². The van der Waals surface area contributed by atoms with Gasteiger partial charge < -0.3 is 9.47 Å². The second-order valence-electron chi connectivity index (χ2n) is 7.22. The van der Waals surface area contributed by atoms with E-state index in [1.807, 2.05) is 6.07 Å². The maximum absolute atomic E-state index is 13.1. The summed E-state index contributed by atoms with van der Waals surface area (Å²) in [5.41, 5.74) is 0.849. The number of nitrogens with one attached hydrogen (secondary N) is 1. The van der Waals surface area contributed by atoms with Crippen LogP contribution in [0.25, 0.3) is 0 Å². The number of halogens is 1. The first-order valence-electron chi connectivity index (χ1n) is 9.69. The van der Waals surface area contributed by atoms with Crippen molar-refractivity contribution in [1.82, 2.24) is 5.32 Å². The van der Waals surface area contributed by atoms with Crippen LogP contribution in [0.4, 0.5) is 16.2 Å². The molecule has 0 aromatic heterocycles. The van der Waals surface area contributed by atoms with Crippen LogP contribution in [0.2, 0.25) is 0 Å². The Kier molecular flexibility index (Phi) is 5.60. The van der Waals surface area contributed by atoms with Crippen molar-refractivity contribution in [3.05, 3.63) is 60.2 Å². The molecule has 3 aliphatic rings. The molecule has 2 aromatic rings. The molecule has 0 aliphatic carbocycles. The predicted molar refractivity (Wildman–Crippen MR) is 119 cm³/mol. The molecule has 10 nitrogen and oxygen atoms in total. The van der Waals surface area contributed by atoms with Gasteiger partial charge in [-0.25, -0.2) is 9.69 Å². The van der Waals surface area contributed by atoms with Crippen molar-refractivity contribution in [1.29, 1.82) is 0 Å². The summed E-state index contributed by atoms with van der Waals surface area (Å²) in [5.74, 6) is -2.21. The minimum atomic E-state index is -0.924. The molecule has 33 heavy (non-hydrogen) atoms. The summed E-state index contributed by atoms with van der Waals surface area (Å²) in [7, 11) is 0. The molecule has 0 bridgehead atoms. The molecule has 5 amide bonds. The summed E-state index contributed by atoms with van der Waals surface area (Å²) in [6.07, 6.45) is 1.24. The second kappa shape index (κ2) is 8.40. The summed E-state index contributed by atoms with van der Waals surface area (Å²) in [6, 6.07) is 12.4. The number of anilines is 2. The zero-order valence-electron chi connectivity index (χ0n) is 17.2. The van der Waals surface area contributed by atoms with Crippen molar-refractivity contribution in [3.63, 3.8) is 0 Å². The van der Waals surface area contributed by atoms with E-state index < -0.39 is 29.7 Å². The smallest absolute Gasteiger partial charge is 0.335 e. The molecule has 1 atom stereocenters. The van der Waals surface area contributed by atoms with Gasteiger partial charge in [0.1, 0.15) is 5.57 Å². The van der Waals surface area contributed by atoms with E-state index in [1.165, 1.54) is 23.2 Å². The number of benzene rings is 2. The van der Waals surface area contributed by atoms with E-state index in [1.54, 1.807) is 37.3 Å². The summed E-state index contributed by atoms with van der Waals surface area (Å²) in [5, 5.41) is 7.64. The third-order valence-electron chi connectivity index (χ3n) is 5.23. The Morgan fingerprint density at radius 3 is 2.48 bits per heavy atom. The van der Waals surface area contributed by atoms with Crippen molar-refractivity contribution >= 4 is 53.2 Å². The highest BCUT2D eigenvalue weighted by atomic mass is 35.5. The van der Waals surface area contributed by atoms with E-state index in [9.17, 15) is 19.2 Å². The van der Waals surface area contributed by atoms with E-state index in [0.29, 0.717) is 22.9 Å². The number of hydrogen-bond donors (Lipinski definition) is 1. The molecule has 2 aromatic carbocycles. The van der Waals surface area contributed by atoms with Crippen LogP contribution in [0.15, 0.2) is 65.3 Å². The highest BCUT2D eigenvalue weighted by Crippen LogP contribution is 2.36. The number of carbonyl (C=O) groups is 4. The fraction of sp³-hybridized carbons (Fsp3) is 0.136. The standard InChI is InChI=1S/C22H16N4O6.ClH/c1-12-15(21(29)26(24-12)13-5-3-2-4-6-13)10-16-19(27)23-22(30)25(20(16)28)14-7-8-17-18(9-14)32-11-31-17;/h2-10,15H,11H2,1H3,(H,23,27,30);1H. The Morgan fingerprint density at radius 1 is 1.00 bits per heavy atom.